The van der Waals surface area contributed by atoms with E-state index in [9.17, 15) is 14.0 Å². The Balaban J connectivity index is 1.62. The minimum Gasteiger partial charge on any atom is -0.323 e. The Hall–Kier alpha value is -2.09. The molecule has 1 aliphatic rings. The van der Waals surface area contributed by atoms with Gasteiger partial charge in [-0.05, 0) is 37.5 Å². The maximum absolute atomic E-state index is 13.7. The molecule has 1 aromatic heterocycles. The number of carbonyl (C=O) groups excluding carboxylic acids is 1. The van der Waals surface area contributed by atoms with Crippen molar-refractivity contribution < 1.29 is 9.18 Å². The van der Waals surface area contributed by atoms with Gasteiger partial charge in [-0.15, -0.1) is 5.10 Å². The third-order valence-corrected chi connectivity index (χ3v) is 4.27. The van der Waals surface area contributed by atoms with Gasteiger partial charge in [0.2, 0.25) is 5.91 Å². The Labute approximate surface area is 130 Å². The van der Waals surface area contributed by atoms with Crippen LogP contribution in [0.3, 0.4) is 0 Å². The lowest BCUT2D eigenvalue weighted by Crippen LogP contribution is -2.18. The second kappa shape index (κ2) is 5.96. The fourth-order valence-corrected chi connectivity index (χ4v) is 2.90. The van der Waals surface area contributed by atoms with E-state index >= 15 is 0 Å². The molecule has 2 aromatic rings. The fraction of sp³-hybridized carbons (Fsp3) is 0.357. The molecule has 8 heteroatoms. The first kappa shape index (κ1) is 14.8. The number of aromatic amines is 1. The lowest BCUT2D eigenvalue weighted by Gasteiger charge is -2.07. The first-order valence-electron chi connectivity index (χ1n) is 6.90. The van der Waals surface area contributed by atoms with Crippen LogP contribution >= 0.6 is 11.8 Å². The molecule has 1 amide bonds. The highest BCUT2D eigenvalue weighted by Gasteiger charge is 2.28. The summed E-state index contributed by atoms with van der Waals surface area (Å²) in [5, 5.41) is 9.32. The number of hydrogen-bond donors (Lipinski definition) is 2. The van der Waals surface area contributed by atoms with Gasteiger partial charge >= 0.3 is 5.69 Å². The first-order valence-corrected chi connectivity index (χ1v) is 7.89. The van der Waals surface area contributed by atoms with Crippen LogP contribution in [-0.2, 0) is 4.79 Å². The number of aromatic nitrogens is 3. The van der Waals surface area contributed by atoms with Crippen molar-refractivity contribution in [3.63, 3.8) is 0 Å². The van der Waals surface area contributed by atoms with Crippen LogP contribution in [0.2, 0.25) is 0 Å². The predicted molar refractivity (Wildman–Crippen MR) is 81.6 cm³/mol. The minimum absolute atomic E-state index is 0.0599. The van der Waals surface area contributed by atoms with E-state index in [4.69, 9.17) is 0 Å². The first-order chi connectivity index (χ1) is 10.5. The van der Waals surface area contributed by atoms with Crippen molar-refractivity contribution in [3.05, 3.63) is 40.1 Å². The Morgan fingerprint density at radius 3 is 3.00 bits per heavy atom. The second-order valence-corrected chi connectivity index (χ2v) is 6.18. The normalized spacial score (nSPS) is 14.1. The van der Waals surface area contributed by atoms with Crippen LogP contribution in [0.25, 0.3) is 0 Å². The summed E-state index contributed by atoms with van der Waals surface area (Å²) >= 11 is 1.16. The number of thioether (sulfide) groups is 1. The van der Waals surface area contributed by atoms with Crippen LogP contribution in [0.15, 0.2) is 28.2 Å². The van der Waals surface area contributed by atoms with E-state index in [0.29, 0.717) is 5.16 Å². The highest BCUT2D eigenvalue weighted by atomic mass is 32.2. The van der Waals surface area contributed by atoms with Gasteiger partial charge in [0.05, 0.1) is 11.4 Å². The molecule has 0 aliphatic heterocycles. The summed E-state index contributed by atoms with van der Waals surface area (Å²) < 4.78 is 15.2. The largest absolute Gasteiger partial charge is 0.344 e. The summed E-state index contributed by atoms with van der Waals surface area (Å²) in [5.74, 6) is -0.747. The van der Waals surface area contributed by atoms with Crippen LogP contribution in [-0.4, -0.2) is 26.4 Å². The third-order valence-electron chi connectivity index (χ3n) is 3.32. The summed E-state index contributed by atoms with van der Waals surface area (Å²) in [6.07, 6.45) is 1.90. The fourth-order valence-electron chi connectivity index (χ4n) is 2.08. The zero-order chi connectivity index (χ0) is 15.7. The van der Waals surface area contributed by atoms with Crippen LogP contribution in [0.1, 0.15) is 24.4 Å². The average molecular weight is 322 g/mol. The van der Waals surface area contributed by atoms with Crippen molar-refractivity contribution in [2.75, 3.05) is 11.1 Å². The SMILES string of the molecule is Cc1ccc(NC(=O)CSc2n[nH]c(=O)n2C2CC2)c(F)c1. The van der Waals surface area contributed by atoms with Crippen molar-refractivity contribution in [2.45, 2.75) is 31.0 Å². The number of nitrogens with one attached hydrogen (secondary N) is 2. The molecule has 116 valence electrons. The number of anilines is 1. The van der Waals surface area contributed by atoms with E-state index in [1.165, 1.54) is 12.1 Å². The molecule has 0 bridgehead atoms. The molecule has 0 saturated heterocycles. The van der Waals surface area contributed by atoms with E-state index in [1.54, 1.807) is 17.6 Å². The van der Waals surface area contributed by atoms with Gasteiger partial charge in [0.25, 0.3) is 0 Å². The molecule has 1 fully saturated rings. The Morgan fingerprint density at radius 1 is 1.55 bits per heavy atom. The molecule has 1 heterocycles. The summed E-state index contributed by atoms with van der Waals surface area (Å²) in [6, 6.07) is 4.80. The van der Waals surface area contributed by atoms with Crippen LogP contribution in [0.4, 0.5) is 10.1 Å². The predicted octanol–water partition coefficient (Wildman–Crippen LogP) is 2.08. The molecular weight excluding hydrogens is 307 g/mol. The smallest absolute Gasteiger partial charge is 0.323 e. The van der Waals surface area contributed by atoms with Crippen LogP contribution in [0, 0.1) is 12.7 Å². The summed E-state index contributed by atoms with van der Waals surface area (Å²) in [7, 11) is 0. The van der Waals surface area contributed by atoms with Gasteiger partial charge in [0, 0.05) is 6.04 Å². The lowest BCUT2D eigenvalue weighted by atomic mass is 10.2. The Bertz CT molecular complexity index is 766. The summed E-state index contributed by atoms with van der Waals surface area (Å²) in [6.45, 7) is 1.78. The third kappa shape index (κ3) is 3.22. The maximum Gasteiger partial charge on any atom is 0.344 e. The molecule has 0 atom stereocenters. The van der Waals surface area contributed by atoms with Gasteiger partial charge in [-0.2, -0.15) is 0 Å². The zero-order valence-electron chi connectivity index (χ0n) is 11.9. The molecule has 3 rings (SSSR count). The number of H-pyrrole nitrogens is 1. The number of rotatable bonds is 5. The lowest BCUT2D eigenvalue weighted by molar-refractivity contribution is -0.113. The van der Waals surface area contributed by atoms with Gasteiger partial charge in [0.1, 0.15) is 5.82 Å². The molecule has 0 radical (unpaired) electrons. The van der Waals surface area contributed by atoms with Crippen molar-refractivity contribution in [1.82, 2.24) is 14.8 Å². The van der Waals surface area contributed by atoms with Crippen molar-refractivity contribution in [2.24, 2.45) is 0 Å². The molecule has 1 aromatic carbocycles. The highest BCUT2D eigenvalue weighted by molar-refractivity contribution is 7.99. The maximum atomic E-state index is 13.7. The van der Waals surface area contributed by atoms with Gasteiger partial charge < -0.3 is 5.32 Å². The number of carbonyl (C=O) groups is 1. The van der Waals surface area contributed by atoms with E-state index < -0.39 is 5.82 Å². The van der Waals surface area contributed by atoms with Crippen LogP contribution < -0.4 is 11.0 Å². The van der Waals surface area contributed by atoms with E-state index in [1.807, 2.05) is 0 Å². The molecule has 0 spiro atoms. The number of benzene rings is 1. The topological polar surface area (TPSA) is 79.8 Å². The van der Waals surface area contributed by atoms with E-state index in [2.05, 4.69) is 15.5 Å². The van der Waals surface area contributed by atoms with Crippen molar-refractivity contribution >= 4 is 23.4 Å². The quantitative estimate of drug-likeness (QED) is 0.826. The molecular formula is C14H15FN4O2S. The van der Waals surface area contributed by atoms with E-state index in [-0.39, 0.29) is 29.1 Å². The Morgan fingerprint density at radius 2 is 2.32 bits per heavy atom. The minimum atomic E-state index is -0.465. The molecule has 1 saturated carbocycles. The van der Waals surface area contributed by atoms with Crippen molar-refractivity contribution in [3.8, 4) is 0 Å². The van der Waals surface area contributed by atoms with Gasteiger partial charge in [-0.25, -0.2) is 14.3 Å². The average Bonchev–Trinajstić information content (AvgIpc) is 3.23. The molecule has 1 aliphatic carbocycles. The van der Waals surface area contributed by atoms with Crippen molar-refractivity contribution in [1.29, 1.82) is 0 Å². The molecule has 0 unspecified atom stereocenters. The van der Waals surface area contributed by atoms with Crippen LogP contribution in [0.5, 0.6) is 0 Å². The molecule has 2 N–H and O–H groups in total. The monoisotopic (exact) mass is 322 g/mol. The number of aryl methyl sites for hydroxylation is 1. The van der Waals surface area contributed by atoms with Gasteiger partial charge in [-0.3, -0.25) is 9.36 Å². The second-order valence-electron chi connectivity index (χ2n) is 5.23. The summed E-state index contributed by atoms with van der Waals surface area (Å²) in [5.41, 5.74) is 0.683. The molecule has 6 nitrogen and oxygen atoms in total. The zero-order valence-corrected chi connectivity index (χ0v) is 12.7. The molecule has 22 heavy (non-hydrogen) atoms. The number of halogens is 1. The Kier molecular flexibility index (Phi) is 4.02. The highest BCUT2D eigenvalue weighted by Crippen LogP contribution is 2.35. The number of nitrogens with zero attached hydrogens (tertiary/aromatic N) is 2. The van der Waals surface area contributed by atoms with E-state index in [0.717, 1.165) is 30.2 Å². The summed E-state index contributed by atoms with van der Waals surface area (Å²) in [4.78, 5) is 23.5. The van der Waals surface area contributed by atoms with Gasteiger partial charge in [-0.1, -0.05) is 17.8 Å². The van der Waals surface area contributed by atoms with Gasteiger partial charge in [0.15, 0.2) is 5.16 Å². The number of hydrogen-bond acceptors (Lipinski definition) is 4. The standard InChI is InChI=1S/C14H15FN4O2S/c1-8-2-5-11(10(15)6-8)16-12(20)7-22-14-18-17-13(21)19(14)9-3-4-9/h2,5-6,9H,3-4,7H2,1H3,(H,16,20)(H,17,21). The number of amides is 1.